The lowest BCUT2D eigenvalue weighted by atomic mass is 9.96. The highest BCUT2D eigenvalue weighted by atomic mass is 16.5. The molecule has 162 valence electrons. The molecular weight excluding hydrogens is 376 g/mol. The molecule has 2 aliphatic rings. The molecule has 1 aromatic carbocycles. The van der Waals surface area contributed by atoms with Crippen molar-refractivity contribution < 1.29 is 4.74 Å². The molecule has 0 amide bonds. The largest absolute Gasteiger partial charge is 0.493 e. The van der Waals surface area contributed by atoms with Crippen molar-refractivity contribution >= 4 is 5.96 Å². The summed E-state index contributed by atoms with van der Waals surface area (Å²) in [5, 5.41) is 15.5. The SMILES string of the molecule is Cc1nnc(CNC(=NCc2ccccc2OCC2CC2)NC2CCCCC2)n1C. The molecule has 0 aliphatic heterocycles. The van der Waals surface area contributed by atoms with Gasteiger partial charge in [-0.3, -0.25) is 0 Å². The van der Waals surface area contributed by atoms with Gasteiger partial charge in [-0.25, -0.2) is 4.99 Å². The Balaban J connectivity index is 1.43. The number of aliphatic imine (C=N–C) groups is 1. The lowest BCUT2D eigenvalue weighted by molar-refractivity contribution is 0.297. The second-order valence-corrected chi connectivity index (χ2v) is 8.58. The van der Waals surface area contributed by atoms with E-state index in [1.165, 1.54) is 44.9 Å². The van der Waals surface area contributed by atoms with Crippen LogP contribution in [0.15, 0.2) is 29.3 Å². The van der Waals surface area contributed by atoms with Gasteiger partial charge in [0.05, 0.1) is 19.7 Å². The Hall–Kier alpha value is -2.57. The van der Waals surface area contributed by atoms with Crippen LogP contribution in [0.3, 0.4) is 0 Å². The average molecular weight is 411 g/mol. The van der Waals surface area contributed by atoms with Crippen molar-refractivity contribution in [3.05, 3.63) is 41.5 Å². The van der Waals surface area contributed by atoms with Crippen LogP contribution < -0.4 is 15.4 Å². The maximum Gasteiger partial charge on any atom is 0.192 e. The number of aromatic nitrogens is 3. The van der Waals surface area contributed by atoms with E-state index in [0.717, 1.165) is 41.4 Å². The maximum atomic E-state index is 6.06. The van der Waals surface area contributed by atoms with Gasteiger partial charge >= 0.3 is 0 Å². The van der Waals surface area contributed by atoms with Crippen LogP contribution in [-0.2, 0) is 20.1 Å². The Bertz CT molecular complexity index is 851. The van der Waals surface area contributed by atoms with Gasteiger partial charge in [0, 0.05) is 18.7 Å². The standard InChI is InChI=1S/C23H34N6O/c1-17-27-28-22(29(17)2)15-25-23(26-20-9-4-3-5-10-20)24-14-19-8-6-7-11-21(19)30-16-18-12-13-18/h6-8,11,18,20H,3-5,9-10,12-16H2,1-2H3,(H2,24,25,26). The van der Waals surface area contributed by atoms with Crippen molar-refractivity contribution in [1.29, 1.82) is 0 Å². The third-order valence-corrected chi connectivity index (χ3v) is 6.09. The van der Waals surface area contributed by atoms with Crippen LogP contribution in [0, 0.1) is 12.8 Å². The lowest BCUT2D eigenvalue weighted by Gasteiger charge is -2.25. The van der Waals surface area contributed by atoms with Crippen molar-refractivity contribution in [3.63, 3.8) is 0 Å². The minimum atomic E-state index is 0.479. The Labute approximate surface area is 179 Å². The molecule has 0 bridgehead atoms. The molecule has 0 spiro atoms. The first-order valence-electron chi connectivity index (χ1n) is 11.3. The first-order valence-corrected chi connectivity index (χ1v) is 11.3. The van der Waals surface area contributed by atoms with Crippen LogP contribution in [0.25, 0.3) is 0 Å². The average Bonchev–Trinajstić information content (AvgIpc) is 3.55. The Morgan fingerprint density at radius 3 is 2.67 bits per heavy atom. The maximum absolute atomic E-state index is 6.06. The summed E-state index contributed by atoms with van der Waals surface area (Å²) in [6.07, 6.45) is 8.89. The molecule has 0 radical (unpaired) electrons. The van der Waals surface area contributed by atoms with Crippen LogP contribution in [0.2, 0.25) is 0 Å². The first-order chi connectivity index (χ1) is 14.7. The van der Waals surface area contributed by atoms with Gasteiger partial charge in [-0.2, -0.15) is 0 Å². The van der Waals surface area contributed by atoms with Crippen LogP contribution in [-0.4, -0.2) is 33.4 Å². The number of aryl methyl sites for hydroxylation is 1. The fourth-order valence-electron chi connectivity index (χ4n) is 3.79. The molecule has 7 heteroatoms. The van der Waals surface area contributed by atoms with E-state index < -0.39 is 0 Å². The molecule has 7 nitrogen and oxygen atoms in total. The molecule has 0 atom stereocenters. The van der Waals surface area contributed by atoms with Crippen molar-refractivity contribution in [2.24, 2.45) is 18.0 Å². The fourth-order valence-corrected chi connectivity index (χ4v) is 3.79. The molecule has 1 aromatic heterocycles. The summed E-state index contributed by atoms with van der Waals surface area (Å²) in [4.78, 5) is 4.90. The zero-order valence-electron chi connectivity index (χ0n) is 18.2. The summed E-state index contributed by atoms with van der Waals surface area (Å²) in [6, 6.07) is 8.73. The van der Waals surface area contributed by atoms with E-state index in [1.54, 1.807) is 0 Å². The molecule has 0 unspecified atom stereocenters. The monoisotopic (exact) mass is 410 g/mol. The van der Waals surface area contributed by atoms with Crippen LogP contribution >= 0.6 is 0 Å². The number of nitrogens with zero attached hydrogens (tertiary/aromatic N) is 4. The van der Waals surface area contributed by atoms with E-state index in [4.69, 9.17) is 9.73 Å². The number of para-hydroxylation sites is 1. The molecule has 1 heterocycles. The molecule has 2 aliphatic carbocycles. The van der Waals surface area contributed by atoms with Crippen molar-refractivity contribution in [3.8, 4) is 5.75 Å². The summed E-state index contributed by atoms with van der Waals surface area (Å²) in [5.41, 5.74) is 1.12. The molecule has 30 heavy (non-hydrogen) atoms. The molecule has 2 fully saturated rings. The van der Waals surface area contributed by atoms with Crippen LogP contribution in [0.5, 0.6) is 5.75 Å². The highest BCUT2D eigenvalue weighted by Gasteiger charge is 2.22. The Morgan fingerprint density at radius 1 is 1.13 bits per heavy atom. The van der Waals surface area contributed by atoms with E-state index in [2.05, 4.69) is 39.0 Å². The molecule has 2 saturated carbocycles. The predicted octanol–water partition coefficient (Wildman–Crippen LogP) is 3.48. The summed E-state index contributed by atoms with van der Waals surface area (Å²) in [7, 11) is 1.99. The van der Waals surface area contributed by atoms with Crippen molar-refractivity contribution in [2.75, 3.05) is 6.61 Å². The quantitative estimate of drug-likeness (QED) is 0.515. The summed E-state index contributed by atoms with van der Waals surface area (Å²) >= 11 is 0. The number of hydrogen-bond donors (Lipinski definition) is 2. The van der Waals surface area contributed by atoms with Gasteiger partial charge in [0.25, 0.3) is 0 Å². The van der Waals surface area contributed by atoms with E-state index in [-0.39, 0.29) is 0 Å². The molecule has 4 rings (SSSR count). The molecule has 2 aromatic rings. The third kappa shape index (κ3) is 5.74. The van der Waals surface area contributed by atoms with E-state index >= 15 is 0 Å². The van der Waals surface area contributed by atoms with Gasteiger partial charge in [0.1, 0.15) is 11.6 Å². The van der Waals surface area contributed by atoms with Gasteiger partial charge in [-0.15, -0.1) is 10.2 Å². The molecule has 0 saturated heterocycles. The number of rotatable bonds is 8. The Kier molecular flexibility index (Phi) is 6.87. The number of guanidine groups is 1. The van der Waals surface area contributed by atoms with Gasteiger partial charge in [-0.05, 0) is 44.6 Å². The third-order valence-electron chi connectivity index (χ3n) is 6.09. The van der Waals surface area contributed by atoms with Crippen LogP contribution in [0.1, 0.15) is 62.2 Å². The highest BCUT2D eigenvalue weighted by Crippen LogP contribution is 2.30. The number of nitrogens with one attached hydrogen (secondary N) is 2. The smallest absolute Gasteiger partial charge is 0.192 e. The van der Waals surface area contributed by atoms with E-state index in [0.29, 0.717) is 19.1 Å². The van der Waals surface area contributed by atoms with Gasteiger partial charge in [0.15, 0.2) is 11.8 Å². The second-order valence-electron chi connectivity index (χ2n) is 8.58. The minimum absolute atomic E-state index is 0.479. The summed E-state index contributed by atoms with van der Waals surface area (Å²) < 4.78 is 8.07. The van der Waals surface area contributed by atoms with Gasteiger partial charge < -0.3 is 19.9 Å². The number of hydrogen-bond acceptors (Lipinski definition) is 4. The fraction of sp³-hybridized carbons (Fsp3) is 0.609. The van der Waals surface area contributed by atoms with Crippen LogP contribution in [0.4, 0.5) is 0 Å². The highest BCUT2D eigenvalue weighted by molar-refractivity contribution is 5.80. The Morgan fingerprint density at radius 2 is 1.93 bits per heavy atom. The summed E-state index contributed by atoms with van der Waals surface area (Å²) in [5.74, 6) is 4.33. The number of benzene rings is 1. The zero-order chi connectivity index (χ0) is 20.8. The normalized spacial score (nSPS) is 17.7. The van der Waals surface area contributed by atoms with Gasteiger partial charge in [0.2, 0.25) is 0 Å². The topological polar surface area (TPSA) is 76.4 Å². The minimum Gasteiger partial charge on any atom is -0.493 e. The van der Waals surface area contributed by atoms with Gasteiger partial charge in [-0.1, -0.05) is 37.5 Å². The zero-order valence-corrected chi connectivity index (χ0v) is 18.2. The summed E-state index contributed by atoms with van der Waals surface area (Å²) in [6.45, 7) is 3.96. The number of ether oxygens (including phenoxy) is 1. The molecular formula is C23H34N6O. The van der Waals surface area contributed by atoms with Crippen molar-refractivity contribution in [1.82, 2.24) is 25.4 Å². The van der Waals surface area contributed by atoms with E-state index in [1.807, 2.05) is 24.6 Å². The predicted molar refractivity (Wildman–Crippen MR) is 118 cm³/mol. The second kappa shape index (κ2) is 9.96. The molecule has 2 N–H and O–H groups in total. The van der Waals surface area contributed by atoms with Crippen molar-refractivity contribution in [2.45, 2.75) is 71.0 Å². The first kappa shape index (κ1) is 20.7. The lowest BCUT2D eigenvalue weighted by Crippen LogP contribution is -2.44. The van der Waals surface area contributed by atoms with E-state index in [9.17, 15) is 0 Å².